The van der Waals surface area contributed by atoms with Crippen molar-refractivity contribution in [2.45, 2.75) is 44.6 Å². The monoisotopic (exact) mass is 260 g/mol. The highest BCUT2D eigenvalue weighted by Gasteiger charge is 2.32. The van der Waals surface area contributed by atoms with Crippen LogP contribution in [0, 0.1) is 0 Å². The van der Waals surface area contributed by atoms with E-state index in [0.29, 0.717) is 17.8 Å². The van der Waals surface area contributed by atoms with Crippen LogP contribution in [0.2, 0.25) is 0 Å². The fraction of sp³-hybridized carbons (Fsp3) is 0.571. The predicted molar refractivity (Wildman–Crippen MR) is 72.8 cm³/mol. The normalized spacial score (nSPS) is 23.0. The van der Waals surface area contributed by atoms with Crippen molar-refractivity contribution in [3.8, 4) is 11.5 Å². The Hall–Kier alpha value is -1.62. The molecule has 1 fully saturated rings. The van der Waals surface area contributed by atoms with Crippen LogP contribution in [0.5, 0.6) is 0 Å². The molecule has 0 spiro atoms. The molecule has 19 heavy (non-hydrogen) atoms. The fourth-order valence-corrected chi connectivity index (χ4v) is 2.79. The highest BCUT2D eigenvalue weighted by Crippen LogP contribution is 2.34. The minimum Gasteiger partial charge on any atom is -0.359 e. The van der Waals surface area contributed by atoms with E-state index in [1.165, 1.54) is 12.8 Å². The van der Waals surface area contributed by atoms with E-state index < -0.39 is 0 Å². The summed E-state index contributed by atoms with van der Waals surface area (Å²) in [6, 6.07) is 4.37. The van der Waals surface area contributed by atoms with Crippen molar-refractivity contribution in [3.05, 3.63) is 24.2 Å². The Morgan fingerprint density at radius 3 is 3.21 bits per heavy atom. The summed E-state index contributed by atoms with van der Waals surface area (Å²) in [5, 5.41) is 7.66. The Bertz CT molecular complexity index is 505. The van der Waals surface area contributed by atoms with Gasteiger partial charge in [-0.3, -0.25) is 0 Å². The Labute approximate surface area is 112 Å². The Kier molecular flexibility index (Phi) is 3.64. The SMILES string of the molecule is CCCNC1CCCC1c1nc(-c2ccc[nH]2)no1. The first-order valence-electron chi connectivity index (χ1n) is 7.09. The lowest BCUT2D eigenvalue weighted by molar-refractivity contribution is 0.330. The number of aromatic nitrogens is 3. The second-order valence-electron chi connectivity index (χ2n) is 5.14. The van der Waals surface area contributed by atoms with Crippen LogP contribution in [-0.2, 0) is 0 Å². The van der Waals surface area contributed by atoms with Crippen molar-refractivity contribution in [1.29, 1.82) is 0 Å². The molecule has 2 heterocycles. The van der Waals surface area contributed by atoms with Crippen LogP contribution in [0.3, 0.4) is 0 Å². The van der Waals surface area contributed by atoms with E-state index >= 15 is 0 Å². The number of hydrogen-bond acceptors (Lipinski definition) is 4. The zero-order chi connectivity index (χ0) is 13.1. The molecule has 0 aromatic carbocycles. The average Bonchev–Trinajstić information content (AvgIpc) is 3.14. The van der Waals surface area contributed by atoms with Crippen molar-refractivity contribution in [2.75, 3.05) is 6.54 Å². The van der Waals surface area contributed by atoms with Gasteiger partial charge in [0, 0.05) is 12.2 Å². The lowest BCUT2D eigenvalue weighted by Crippen LogP contribution is -2.31. The van der Waals surface area contributed by atoms with Gasteiger partial charge in [-0.2, -0.15) is 4.98 Å². The highest BCUT2D eigenvalue weighted by atomic mass is 16.5. The summed E-state index contributed by atoms with van der Waals surface area (Å²) >= 11 is 0. The molecule has 102 valence electrons. The zero-order valence-electron chi connectivity index (χ0n) is 11.2. The van der Waals surface area contributed by atoms with Gasteiger partial charge in [0.25, 0.3) is 0 Å². The number of rotatable bonds is 5. The van der Waals surface area contributed by atoms with E-state index in [9.17, 15) is 0 Å². The molecule has 0 radical (unpaired) electrons. The first kappa shape index (κ1) is 12.4. The summed E-state index contributed by atoms with van der Waals surface area (Å²) in [6.07, 6.45) is 6.58. The van der Waals surface area contributed by atoms with Crippen LogP contribution >= 0.6 is 0 Å². The largest absolute Gasteiger partial charge is 0.359 e. The highest BCUT2D eigenvalue weighted by molar-refractivity contribution is 5.47. The molecule has 0 saturated heterocycles. The molecule has 5 nitrogen and oxygen atoms in total. The lowest BCUT2D eigenvalue weighted by Gasteiger charge is -2.17. The molecular weight excluding hydrogens is 240 g/mol. The van der Waals surface area contributed by atoms with Crippen molar-refractivity contribution < 1.29 is 4.52 Å². The summed E-state index contributed by atoms with van der Waals surface area (Å²) in [7, 11) is 0. The van der Waals surface area contributed by atoms with Crippen LogP contribution in [0.1, 0.15) is 44.4 Å². The Morgan fingerprint density at radius 2 is 2.42 bits per heavy atom. The van der Waals surface area contributed by atoms with Crippen LogP contribution in [0.15, 0.2) is 22.9 Å². The molecule has 2 atom stereocenters. The number of nitrogens with zero attached hydrogens (tertiary/aromatic N) is 2. The van der Waals surface area contributed by atoms with E-state index in [2.05, 4.69) is 27.4 Å². The lowest BCUT2D eigenvalue weighted by atomic mass is 10.0. The van der Waals surface area contributed by atoms with Gasteiger partial charge in [-0.25, -0.2) is 0 Å². The van der Waals surface area contributed by atoms with Gasteiger partial charge in [0.15, 0.2) is 0 Å². The van der Waals surface area contributed by atoms with Gasteiger partial charge in [0.05, 0.1) is 11.6 Å². The standard InChI is InChI=1S/C14H20N4O/c1-2-8-15-11-6-3-5-10(11)14-17-13(18-19-14)12-7-4-9-16-12/h4,7,9-11,15-16H,2-3,5-6,8H2,1H3. The van der Waals surface area contributed by atoms with Gasteiger partial charge in [-0.15, -0.1) is 0 Å². The van der Waals surface area contributed by atoms with Gasteiger partial charge in [-0.05, 0) is 37.9 Å². The van der Waals surface area contributed by atoms with E-state index in [4.69, 9.17) is 4.52 Å². The molecule has 0 aliphatic heterocycles. The topological polar surface area (TPSA) is 66.7 Å². The zero-order valence-corrected chi connectivity index (χ0v) is 11.2. The molecule has 1 saturated carbocycles. The molecular formula is C14H20N4O. The minimum absolute atomic E-state index is 0.364. The first-order valence-corrected chi connectivity index (χ1v) is 7.09. The molecule has 3 rings (SSSR count). The molecule has 1 aliphatic carbocycles. The summed E-state index contributed by atoms with van der Waals surface area (Å²) in [5.41, 5.74) is 0.908. The van der Waals surface area contributed by atoms with Crippen LogP contribution in [0.25, 0.3) is 11.5 Å². The van der Waals surface area contributed by atoms with E-state index in [-0.39, 0.29) is 0 Å². The maximum Gasteiger partial charge on any atom is 0.231 e. The smallest absolute Gasteiger partial charge is 0.231 e. The molecule has 2 unspecified atom stereocenters. The van der Waals surface area contributed by atoms with Gasteiger partial charge in [0.2, 0.25) is 11.7 Å². The van der Waals surface area contributed by atoms with Crippen molar-refractivity contribution >= 4 is 0 Å². The van der Waals surface area contributed by atoms with Crippen LogP contribution < -0.4 is 5.32 Å². The molecule has 0 bridgehead atoms. The third kappa shape index (κ3) is 2.56. The van der Waals surface area contributed by atoms with Crippen molar-refractivity contribution in [3.63, 3.8) is 0 Å². The Morgan fingerprint density at radius 1 is 1.47 bits per heavy atom. The molecule has 0 amide bonds. The minimum atomic E-state index is 0.364. The van der Waals surface area contributed by atoms with Crippen LogP contribution in [-0.4, -0.2) is 27.7 Å². The molecule has 2 aromatic rings. The fourth-order valence-electron chi connectivity index (χ4n) is 2.79. The summed E-state index contributed by atoms with van der Waals surface area (Å²) in [4.78, 5) is 7.65. The summed E-state index contributed by atoms with van der Waals surface area (Å²) < 4.78 is 5.46. The number of nitrogens with one attached hydrogen (secondary N) is 2. The van der Waals surface area contributed by atoms with Gasteiger partial charge >= 0.3 is 0 Å². The number of hydrogen-bond donors (Lipinski definition) is 2. The average molecular weight is 260 g/mol. The molecule has 5 heteroatoms. The van der Waals surface area contributed by atoms with E-state index in [0.717, 1.165) is 31.0 Å². The maximum absolute atomic E-state index is 5.46. The molecule has 1 aliphatic rings. The quantitative estimate of drug-likeness (QED) is 0.867. The van der Waals surface area contributed by atoms with Crippen molar-refractivity contribution in [2.24, 2.45) is 0 Å². The predicted octanol–water partition coefficient (Wildman–Crippen LogP) is 2.70. The molecule has 2 N–H and O–H groups in total. The van der Waals surface area contributed by atoms with E-state index in [1.807, 2.05) is 18.3 Å². The third-order valence-electron chi connectivity index (χ3n) is 3.77. The van der Waals surface area contributed by atoms with Crippen molar-refractivity contribution in [1.82, 2.24) is 20.4 Å². The van der Waals surface area contributed by atoms with E-state index in [1.54, 1.807) is 0 Å². The van der Waals surface area contributed by atoms with Crippen LogP contribution in [0.4, 0.5) is 0 Å². The summed E-state index contributed by atoms with van der Waals surface area (Å²) in [6.45, 7) is 3.24. The first-order chi connectivity index (χ1) is 9.38. The Balaban J connectivity index is 1.75. The number of H-pyrrole nitrogens is 1. The summed E-state index contributed by atoms with van der Waals surface area (Å²) in [5.74, 6) is 1.79. The number of aromatic amines is 1. The maximum atomic E-state index is 5.46. The van der Waals surface area contributed by atoms with Gasteiger partial charge in [0.1, 0.15) is 0 Å². The second kappa shape index (κ2) is 5.57. The van der Waals surface area contributed by atoms with Gasteiger partial charge in [-0.1, -0.05) is 18.5 Å². The van der Waals surface area contributed by atoms with Gasteiger partial charge < -0.3 is 14.8 Å². The third-order valence-corrected chi connectivity index (χ3v) is 3.77. The molecule has 2 aromatic heterocycles. The second-order valence-corrected chi connectivity index (χ2v) is 5.14.